The summed E-state index contributed by atoms with van der Waals surface area (Å²) in [6.45, 7) is 6.72. The fraction of sp³-hybridized carbons (Fsp3) is 0.438. The van der Waals surface area contributed by atoms with Crippen LogP contribution in [0.25, 0.3) is 0 Å². The van der Waals surface area contributed by atoms with Gasteiger partial charge in [-0.3, -0.25) is 15.0 Å². The van der Waals surface area contributed by atoms with Gasteiger partial charge in [0.05, 0.1) is 17.9 Å². The summed E-state index contributed by atoms with van der Waals surface area (Å²) in [6, 6.07) is 5.23. The minimum absolute atomic E-state index is 0.231. The molecule has 1 aliphatic heterocycles. The zero-order chi connectivity index (χ0) is 17.1. The number of amides is 1. The van der Waals surface area contributed by atoms with Crippen LogP contribution in [-0.4, -0.2) is 46.1 Å². The summed E-state index contributed by atoms with van der Waals surface area (Å²) in [5.41, 5.74) is 1.32. The van der Waals surface area contributed by atoms with E-state index in [0.29, 0.717) is 15.4 Å². The van der Waals surface area contributed by atoms with Gasteiger partial charge < -0.3 is 4.74 Å². The molecule has 0 unspecified atom stereocenters. The number of anilines is 1. The molecule has 0 aromatic carbocycles. The molecule has 1 fully saturated rings. The van der Waals surface area contributed by atoms with Gasteiger partial charge in [-0.25, -0.2) is 9.97 Å². The third-order valence-corrected chi connectivity index (χ3v) is 4.85. The van der Waals surface area contributed by atoms with Crippen LogP contribution in [0.2, 0.25) is 0 Å². The molecule has 0 saturated carbocycles. The predicted octanol–water partition coefficient (Wildman–Crippen LogP) is 3.16. The van der Waals surface area contributed by atoms with Gasteiger partial charge in [0.2, 0.25) is 0 Å². The quantitative estimate of drug-likeness (QED) is 0.783. The fourth-order valence-corrected chi connectivity index (χ4v) is 3.82. The molecular weight excluding hydrogens is 392 g/mol. The van der Waals surface area contributed by atoms with Crippen LogP contribution in [0.4, 0.5) is 5.13 Å². The van der Waals surface area contributed by atoms with Crippen molar-refractivity contribution in [3.63, 3.8) is 0 Å². The molecular formula is C16H19BrN4O2S. The largest absolute Gasteiger partial charge is 0.373 e. The molecule has 1 amide bonds. The Morgan fingerprint density at radius 2 is 2.12 bits per heavy atom. The number of halogens is 1. The molecule has 2 atom stereocenters. The van der Waals surface area contributed by atoms with Gasteiger partial charge >= 0.3 is 0 Å². The minimum Gasteiger partial charge on any atom is -0.373 e. The van der Waals surface area contributed by atoms with E-state index >= 15 is 0 Å². The molecule has 0 bridgehead atoms. The van der Waals surface area contributed by atoms with E-state index in [-0.39, 0.29) is 18.1 Å². The number of nitrogens with zero attached hydrogens (tertiary/aromatic N) is 3. The van der Waals surface area contributed by atoms with Gasteiger partial charge in [-0.1, -0.05) is 6.07 Å². The van der Waals surface area contributed by atoms with Crippen LogP contribution in [0.1, 0.15) is 30.0 Å². The highest BCUT2D eigenvalue weighted by Crippen LogP contribution is 2.20. The lowest BCUT2D eigenvalue weighted by molar-refractivity contribution is -0.0707. The number of morpholine rings is 1. The monoisotopic (exact) mass is 410 g/mol. The number of carbonyl (C=O) groups excluding carboxylic acids is 1. The number of pyridine rings is 1. The second kappa shape index (κ2) is 7.69. The summed E-state index contributed by atoms with van der Waals surface area (Å²) in [7, 11) is 0. The van der Waals surface area contributed by atoms with Gasteiger partial charge in [0.1, 0.15) is 10.3 Å². The average Bonchev–Trinajstić information content (AvgIpc) is 2.93. The Bertz CT molecular complexity index is 714. The lowest BCUT2D eigenvalue weighted by Gasteiger charge is -2.34. The summed E-state index contributed by atoms with van der Waals surface area (Å²) in [5.74, 6) is -0.259. The minimum atomic E-state index is -0.259. The summed E-state index contributed by atoms with van der Waals surface area (Å²) in [6.07, 6.45) is 0.461. The van der Waals surface area contributed by atoms with Gasteiger partial charge in [0.25, 0.3) is 5.91 Å². The lowest BCUT2D eigenvalue weighted by Crippen LogP contribution is -2.44. The second-order valence-electron chi connectivity index (χ2n) is 5.90. The first-order valence-corrected chi connectivity index (χ1v) is 9.43. The Labute approximate surface area is 153 Å². The van der Waals surface area contributed by atoms with E-state index < -0.39 is 0 Å². The molecule has 2 aromatic heterocycles. The van der Waals surface area contributed by atoms with Crippen LogP contribution in [0.15, 0.2) is 28.2 Å². The van der Waals surface area contributed by atoms with Gasteiger partial charge in [-0.15, -0.1) is 11.3 Å². The summed E-state index contributed by atoms with van der Waals surface area (Å²) in [5, 5.41) is 5.37. The molecule has 0 aliphatic carbocycles. The van der Waals surface area contributed by atoms with Crippen molar-refractivity contribution >= 4 is 38.3 Å². The number of rotatable bonds is 4. The van der Waals surface area contributed by atoms with Crippen LogP contribution in [0, 0.1) is 0 Å². The number of aromatic nitrogens is 2. The van der Waals surface area contributed by atoms with Crippen molar-refractivity contribution in [2.24, 2.45) is 0 Å². The van der Waals surface area contributed by atoms with Crippen molar-refractivity contribution in [3.05, 3.63) is 39.6 Å². The highest BCUT2D eigenvalue weighted by molar-refractivity contribution is 9.10. The molecule has 6 nitrogen and oxygen atoms in total. The van der Waals surface area contributed by atoms with Crippen molar-refractivity contribution < 1.29 is 9.53 Å². The third kappa shape index (κ3) is 4.60. The topological polar surface area (TPSA) is 67.4 Å². The standard InChI is InChI=1S/C16H19BrN4O2S/c1-10-6-21(7-11(2)23-10)8-12-9-24-16(18-12)20-15(22)13-4-3-5-14(17)19-13/h3-5,9-11H,6-8H2,1-2H3,(H,18,20,22)/t10-,11+. The Morgan fingerprint density at radius 3 is 2.83 bits per heavy atom. The summed E-state index contributed by atoms with van der Waals surface area (Å²) < 4.78 is 6.37. The molecule has 1 aliphatic rings. The molecule has 0 spiro atoms. The molecule has 3 rings (SSSR count). The van der Waals surface area contributed by atoms with Crippen LogP contribution < -0.4 is 5.32 Å². The Kier molecular flexibility index (Phi) is 5.60. The molecule has 1 N–H and O–H groups in total. The zero-order valence-corrected chi connectivity index (χ0v) is 15.9. The first kappa shape index (κ1) is 17.5. The molecule has 8 heteroatoms. The van der Waals surface area contributed by atoms with Gasteiger partial charge in [-0.2, -0.15) is 0 Å². The normalized spacial score (nSPS) is 21.6. The molecule has 128 valence electrons. The maximum atomic E-state index is 12.2. The van der Waals surface area contributed by atoms with Crippen molar-refractivity contribution in [1.29, 1.82) is 0 Å². The molecule has 0 radical (unpaired) electrons. The number of ether oxygens (including phenoxy) is 1. The van der Waals surface area contributed by atoms with Gasteiger partial charge in [0, 0.05) is 25.0 Å². The first-order chi connectivity index (χ1) is 11.5. The van der Waals surface area contributed by atoms with E-state index in [9.17, 15) is 4.79 Å². The van der Waals surface area contributed by atoms with E-state index in [0.717, 1.165) is 25.3 Å². The van der Waals surface area contributed by atoms with Crippen LogP contribution in [-0.2, 0) is 11.3 Å². The van der Waals surface area contributed by atoms with Crippen LogP contribution in [0.5, 0.6) is 0 Å². The summed E-state index contributed by atoms with van der Waals surface area (Å²) in [4.78, 5) is 23.2. The summed E-state index contributed by atoms with van der Waals surface area (Å²) >= 11 is 4.69. The Hall–Kier alpha value is -1.35. The highest BCUT2D eigenvalue weighted by Gasteiger charge is 2.22. The van der Waals surface area contributed by atoms with E-state index in [1.54, 1.807) is 18.2 Å². The van der Waals surface area contributed by atoms with E-state index in [2.05, 4.69) is 50.0 Å². The van der Waals surface area contributed by atoms with Gasteiger partial charge in [-0.05, 0) is 41.9 Å². The van der Waals surface area contributed by atoms with Crippen molar-refractivity contribution in [2.75, 3.05) is 18.4 Å². The Balaban J connectivity index is 1.60. The van der Waals surface area contributed by atoms with E-state index in [1.165, 1.54) is 11.3 Å². The van der Waals surface area contributed by atoms with Crippen LogP contribution in [0.3, 0.4) is 0 Å². The van der Waals surface area contributed by atoms with Gasteiger partial charge in [0.15, 0.2) is 5.13 Å². The van der Waals surface area contributed by atoms with Crippen molar-refractivity contribution in [3.8, 4) is 0 Å². The Morgan fingerprint density at radius 1 is 1.38 bits per heavy atom. The first-order valence-electron chi connectivity index (χ1n) is 7.75. The van der Waals surface area contributed by atoms with E-state index in [1.807, 2.05) is 5.38 Å². The van der Waals surface area contributed by atoms with Crippen LogP contribution >= 0.6 is 27.3 Å². The number of carbonyl (C=O) groups is 1. The molecule has 24 heavy (non-hydrogen) atoms. The lowest BCUT2D eigenvalue weighted by atomic mass is 10.2. The maximum absolute atomic E-state index is 12.2. The average molecular weight is 411 g/mol. The predicted molar refractivity (Wildman–Crippen MR) is 97.3 cm³/mol. The SMILES string of the molecule is C[C@@H]1CN(Cc2csc(NC(=O)c3cccc(Br)n3)n2)C[C@H](C)O1. The maximum Gasteiger partial charge on any atom is 0.276 e. The molecule has 3 heterocycles. The number of nitrogens with one attached hydrogen (secondary N) is 1. The number of thiazole rings is 1. The number of hydrogen-bond donors (Lipinski definition) is 1. The smallest absolute Gasteiger partial charge is 0.276 e. The fourth-order valence-electron chi connectivity index (χ4n) is 2.78. The van der Waals surface area contributed by atoms with Crippen molar-refractivity contribution in [1.82, 2.24) is 14.9 Å². The highest BCUT2D eigenvalue weighted by atomic mass is 79.9. The second-order valence-corrected chi connectivity index (χ2v) is 7.57. The van der Waals surface area contributed by atoms with Crippen molar-refractivity contribution in [2.45, 2.75) is 32.6 Å². The zero-order valence-electron chi connectivity index (χ0n) is 13.5. The van der Waals surface area contributed by atoms with E-state index in [4.69, 9.17) is 4.74 Å². The molecule has 2 aromatic rings. The molecule has 1 saturated heterocycles. The third-order valence-electron chi connectivity index (χ3n) is 3.60. The number of hydrogen-bond acceptors (Lipinski definition) is 6.